The number of esters is 1. The summed E-state index contributed by atoms with van der Waals surface area (Å²) in [6, 6.07) is 1.57. The van der Waals surface area contributed by atoms with Crippen molar-refractivity contribution >= 4 is 23.6 Å². The van der Waals surface area contributed by atoms with Gasteiger partial charge in [0.25, 0.3) is 0 Å². The third-order valence-electron chi connectivity index (χ3n) is 2.55. The summed E-state index contributed by atoms with van der Waals surface area (Å²) in [4.78, 5) is 35.8. The number of likely N-dealkylation sites (N-methyl/N-ethyl adjacent to an activating group) is 1. The Bertz CT molecular complexity index is 512. The molecule has 116 valence electrons. The third kappa shape index (κ3) is 6.07. The minimum atomic E-state index is -0.429. The van der Waals surface area contributed by atoms with Gasteiger partial charge >= 0.3 is 5.97 Å². The van der Waals surface area contributed by atoms with E-state index >= 15 is 0 Å². The lowest BCUT2D eigenvalue weighted by molar-refractivity contribution is -0.145. The highest BCUT2D eigenvalue weighted by molar-refractivity contribution is 5.94. The largest absolute Gasteiger partial charge is 0.466 e. The molecule has 0 aromatic carbocycles. The molecule has 0 atom stereocenters. The topological polar surface area (TPSA) is 102 Å². The van der Waals surface area contributed by atoms with Crippen molar-refractivity contribution in [2.24, 2.45) is 0 Å². The Hall–Kier alpha value is -2.38. The van der Waals surface area contributed by atoms with E-state index in [1.54, 1.807) is 19.9 Å². The second kappa shape index (κ2) is 8.03. The highest BCUT2D eigenvalue weighted by Gasteiger charge is 2.15. The van der Waals surface area contributed by atoms with Crippen LogP contribution in [0.3, 0.4) is 0 Å². The summed E-state index contributed by atoms with van der Waals surface area (Å²) in [7, 11) is 1.49. The number of nitrogens with one attached hydrogen (secondary N) is 1. The molecule has 21 heavy (non-hydrogen) atoms. The maximum Gasteiger partial charge on any atom is 0.306 e. The molecule has 1 aromatic rings. The number of ether oxygens (including phenoxy) is 1. The fraction of sp³-hybridized carbons (Fsp3) is 0.538. The first kappa shape index (κ1) is 16.7. The molecule has 0 bridgehead atoms. The standard InChI is InChI=1S/C13H19N3O5/c1-4-20-13(19)6-5-12(18)16(3)8-11(17)14-10-7-9(2)21-15-10/h7H,4-6,8H2,1-3H3,(H,14,15,17). The first-order valence-electron chi connectivity index (χ1n) is 6.55. The average molecular weight is 297 g/mol. The molecule has 2 amide bonds. The van der Waals surface area contributed by atoms with Crippen molar-refractivity contribution in [1.82, 2.24) is 10.1 Å². The summed E-state index contributed by atoms with van der Waals surface area (Å²) in [5, 5.41) is 6.12. The van der Waals surface area contributed by atoms with Gasteiger partial charge in [0, 0.05) is 19.5 Å². The smallest absolute Gasteiger partial charge is 0.306 e. The van der Waals surface area contributed by atoms with E-state index in [9.17, 15) is 14.4 Å². The number of rotatable bonds is 7. The van der Waals surface area contributed by atoms with Crippen molar-refractivity contribution in [2.75, 3.05) is 25.5 Å². The van der Waals surface area contributed by atoms with Gasteiger partial charge in [0.1, 0.15) is 5.76 Å². The van der Waals surface area contributed by atoms with Crippen molar-refractivity contribution in [3.63, 3.8) is 0 Å². The SMILES string of the molecule is CCOC(=O)CCC(=O)N(C)CC(=O)Nc1cc(C)on1. The van der Waals surface area contributed by atoms with Gasteiger partial charge in [-0.15, -0.1) is 0 Å². The normalized spacial score (nSPS) is 10.0. The van der Waals surface area contributed by atoms with Gasteiger partial charge in [-0.2, -0.15) is 0 Å². The number of carbonyl (C=O) groups is 3. The Balaban J connectivity index is 2.34. The van der Waals surface area contributed by atoms with Crippen molar-refractivity contribution in [3.8, 4) is 0 Å². The number of hydrogen-bond acceptors (Lipinski definition) is 6. The Labute approximate surface area is 122 Å². The monoisotopic (exact) mass is 297 g/mol. The van der Waals surface area contributed by atoms with Crippen LogP contribution in [-0.2, 0) is 19.1 Å². The predicted molar refractivity (Wildman–Crippen MR) is 73.4 cm³/mol. The quantitative estimate of drug-likeness (QED) is 0.744. The summed E-state index contributed by atoms with van der Waals surface area (Å²) in [6.45, 7) is 3.55. The van der Waals surface area contributed by atoms with Crippen LogP contribution in [0.4, 0.5) is 5.82 Å². The van der Waals surface area contributed by atoms with Crippen molar-refractivity contribution in [3.05, 3.63) is 11.8 Å². The minimum Gasteiger partial charge on any atom is -0.466 e. The summed E-state index contributed by atoms with van der Waals surface area (Å²) in [6.07, 6.45) is 0.00674. The van der Waals surface area contributed by atoms with Crippen LogP contribution >= 0.6 is 0 Å². The second-order valence-electron chi connectivity index (χ2n) is 4.43. The first-order valence-corrected chi connectivity index (χ1v) is 6.55. The van der Waals surface area contributed by atoms with E-state index in [0.29, 0.717) is 11.6 Å². The lowest BCUT2D eigenvalue weighted by Gasteiger charge is -2.15. The molecule has 0 saturated carbocycles. The van der Waals surface area contributed by atoms with E-state index in [1.165, 1.54) is 11.9 Å². The van der Waals surface area contributed by atoms with Crippen LogP contribution in [0.15, 0.2) is 10.6 Å². The fourth-order valence-corrected chi connectivity index (χ4v) is 1.54. The molecule has 0 spiro atoms. The first-order chi connectivity index (χ1) is 9.92. The van der Waals surface area contributed by atoms with E-state index in [4.69, 9.17) is 9.26 Å². The Morgan fingerprint density at radius 3 is 2.67 bits per heavy atom. The lowest BCUT2D eigenvalue weighted by atomic mass is 10.3. The Kier molecular flexibility index (Phi) is 6.38. The Morgan fingerprint density at radius 1 is 1.38 bits per heavy atom. The third-order valence-corrected chi connectivity index (χ3v) is 2.55. The van der Waals surface area contributed by atoms with Crippen LogP contribution in [-0.4, -0.2) is 48.0 Å². The molecule has 0 saturated heterocycles. The van der Waals surface area contributed by atoms with Crippen LogP contribution in [0, 0.1) is 6.92 Å². The van der Waals surface area contributed by atoms with Crippen molar-refractivity contribution < 1.29 is 23.6 Å². The lowest BCUT2D eigenvalue weighted by Crippen LogP contribution is -2.35. The van der Waals surface area contributed by atoms with Crippen LogP contribution in [0.5, 0.6) is 0 Å². The molecule has 0 radical (unpaired) electrons. The van der Waals surface area contributed by atoms with E-state index in [1.807, 2.05) is 0 Å². The predicted octanol–water partition coefficient (Wildman–Crippen LogP) is 0.723. The van der Waals surface area contributed by atoms with Crippen LogP contribution < -0.4 is 5.32 Å². The molecular formula is C13H19N3O5. The molecule has 8 nitrogen and oxygen atoms in total. The van der Waals surface area contributed by atoms with Gasteiger partial charge in [0.05, 0.1) is 19.6 Å². The molecule has 0 fully saturated rings. The van der Waals surface area contributed by atoms with Gasteiger partial charge in [0.15, 0.2) is 5.82 Å². The zero-order valence-electron chi connectivity index (χ0n) is 12.3. The van der Waals surface area contributed by atoms with E-state index in [2.05, 4.69) is 10.5 Å². The maximum atomic E-state index is 11.7. The van der Waals surface area contributed by atoms with E-state index < -0.39 is 11.9 Å². The molecule has 1 rings (SSSR count). The van der Waals surface area contributed by atoms with Gasteiger partial charge in [0.2, 0.25) is 11.8 Å². The van der Waals surface area contributed by atoms with Gasteiger partial charge in [-0.25, -0.2) is 0 Å². The number of aryl methyl sites for hydroxylation is 1. The summed E-state index contributed by atoms with van der Waals surface area (Å²) in [5.74, 6) is -0.263. The molecule has 8 heteroatoms. The number of aromatic nitrogens is 1. The molecule has 1 N–H and O–H groups in total. The summed E-state index contributed by atoms with van der Waals surface area (Å²) in [5.41, 5.74) is 0. The maximum absolute atomic E-state index is 11.7. The minimum absolute atomic E-state index is 0.00110. The number of anilines is 1. The average Bonchev–Trinajstić information content (AvgIpc) is 2.81. The summed E-state index contributed by atoms with van der Waals surface area (Å²) < 4.78 is 9.54. The van der Waals surface area contributed by atoms with Crippen molar-refractivity contribution in [1.29, 1.82) is 0 Å². The second-order valence-corrected chi connectivity index (χ2v) is 4.43. The van der Waals surface area contributed by atoms with Gasteiger partial charge < -0.3 is 19.5 Å². The number of nitrogens with zero attached hydrogens (tertiary/aromatic N) is 2. The molecule has 0 aliphatic heterocycles. The highest BCUT2D eigenvalue weighted by Crippen LogP contribution is 2.07. The molecule has 1 aromatic heterocycles. The van der Waals surface area contributed by atoms with E-state index in [-0.39, 0.29) is 31.9 Å². The van der Waals surface area contributed by atoms with Crippen LogP contribution in [0.2, 0.25) is 0 Å². The number of hydrogen-bond donors (Lipinski definition) is 1. The number of carbonyl (C=O) groups excluding carboxylic acids is 3. The Morgan fingerprint density at radius 2 is 2.10 bits per heavy atom. The molecule has 0 unspecified atom stereocenters. The molecule has 0 aliphatic carbocycles. The molecular weight excluding hydrogens is 278 g/mol. The van der Waals surface area contributed by atoms with Gasteiger partial charge in [-0.3, -0.25) is 14.4 Å². The molecule has 1 heterocycles. The number of amides is 2. The van der Waals surface area contributed by atoms with E-state index in [0.717, 1.165) is 0 Å². The fourth-order valence-electron chi connectivity index (χ4n) is 1.54. The summed E-state index contributed by atoms with van der Waals surface area (Å²) >= 11 is 0. The van der Waals surface area contributed by atoms with Crippen LogP contribution in [0.25, 0.3) is 0 Å². The van der Waals surface area contributed by atoms with Crippen LogP contribution in [0.1, 0.15) is 25.5 Å². The van der Waals surface area contributed by atoms with Crippen molar-refractivity contribution in [2.45, 2.75) is 26.7 Å². The highest BCUT2D eigenvalue weighted by atomic mass is 16.5. The zero-order chi connectivity index (χ0) is 15.8. The van der Waals surface area contributed by atoms with Gasteiger partial charge in [-0.05, 0) is 13.8 Å². The zero-order valence-corrected chi connectivity index (χ0v) is 12.3. The molecule has 0 aliphatic rings. The van der Waals surface area contributed by atoms with Gasteiger partial charge in [-0.1, -0.05) is 5.16 Å².